The molecular weight excluding hydrogens is 136 g/mol. The van der Waals surface area contributed by atoms with Crippen LogP contribution in [-0.2, 0) is 4.79 Å². The Bertz CT molecular complexity index is 136. The molecule has 0 aliphatic heterocycles. The van der Waals surface area contributed by atoms with Gasteiger partial charge in [0.05, 0.1) is 0 Å². The van der Waals surface area contributed by atoms with Gasteiger partial charge in [0, 0.05) is 5.92 Å². The lowest BCUT2D eigenvalue weighted by Gasteiger charge is -2.00. The Labute approximate surface area is 69.5 Å². The summed E-state index contributed by atoms with van der Waals surface area (Å²) in [5.74, 6) is 0.481. The van der Waals surface area contributed by atoms with Gasteiger partial charge in [-0.15, -0.1) is 0 Å². The number of carbonyl (C=O) groups excluding carboxylic acids is 1. The Kier molecular flexibility index (Phi) is 5.81. The summed E-state index contributed by atoms with van der Waals surface area (Å²) in [6.45, 7) is 5.77. The van der Waals surface area contributed by atoms with E-state index in [0.29, 0.717) is 0 Å². The molecule has 1 atom stereocenters. The first-order valence-corrected chi connectivity index (χ1v) is 4.34. The third kappa shape index (κ3) is 5.84. The van der Waals surface area contributed by atoms with Crippen LogP contribution in [0, 0.1) is 5.92 Å². The maximum Gasteiger partial charge on any atom is 0.132 e. The molecule has 0 aliphatic carbocycles. The zero-order valence-corrected chi connectivity index (χ0v) is 7.76. The van der Waals surface area contributed by atoms with E-state index in [1.165, 1.54) is 6.42 Å². The van der Waals surface area contributed by atoms with Crippen LogP contribution in [-0.4, -0.2) is 5.78 Å². The first-order valence-electron chi connectivity index (χ1n) is 4.34. The second-order valence-corrected chi connectivity index (χ2v) is 3.01. The Morgan fingerprint density at radius 1 is 1.45 bits per heavy atom. The van der Waals surface area contributed by atoms with E-state index in [1.807, 2.05) is 6.92 Å². The van der Waals surface area contributed by atoms with E-state index in [0.717, 1.165) is 12.8 Å². The fraction of sp³-hybridized carbons (Fsp3) is 0.700. The van der Waals surface area contributed by atoms with Gasteiger partial charge in [0.2, 0.25) is 0 Å². The van der Waals surface area contributed by atoms with Gasteiger partial charge in [-0.1, -0.05) is 32.4 Å². The molecule has 0 aliphatic rings. The van der Waals surface area contributed by atoms with Gasteiger partial charge >= 0.3 is 0 Å². The minimum atomic E-state index is 0.197. The quantitative estimate of drug-likeness (QED) is 0.556. The van der Waals surface area contributed by atoms with Crippen LogP contribution in [0.25, 0.3) is 0 Å². The van der Waals surface area contributed by atoms with Gasteiger partial charge in [0.15, 0.2) is 0 Å². The molecule has 0 aromatic rings. The molecule has 1 unspecified atom stereocenters. The second kappa shape index (κ2) is 6.14. The Morgan fingerprint density at radius 2 is 2.09 bits per heavy atom. The topological polar surface area (TPSA) is 17.1 Å². The molecule has 0 rings (SSSR count). The standard InChI is InChI=1S/C10H18O/c1-4-5-6-7-8-9(2)10(3)11/h6-7,9H,4-5,8H2,1-3H3. The maximum absolute atomic E-state index is 10.8. The Hall–Kier alpha value is -0.590. The Morgan fingerprint density at radius 3 is 2.55 bits per heavy atom. The summed E-state index contributed by atoms with van der Waals surface area (Å²) < 4.78 is 0. The van der Waals surface area contributed by atoms with E-state index >= 15 is 0 Å². The van der Waals surface area contributed by atoms with Gasteiger partial charge in [-0.05, 0) is 19.8 Å². The van der Waals surface area contributed by atoms with Crippen molar-refractivity contribution >= 4 is 5.78 Å². The number of allylic oxidation sites excluding steroid dienone is 2. The molecule has 1 heteroatoms. The zero-order valence-electron chi connectivity index (χ0n) is 7.76. The van der Waals surface area contributed by atoms with Crippen molar-refractivity contribution in [3.8, 4) is 0 Å². The first kappa shape index (κ1) is 10.4. The molecule has 0 N–H and O–H groups in total. The fourth-order valence-corrected chi connectivity index (χ4v) is 0.751. The Balaban J connectivity index is 3.44. The largest absolute Gasteiger partial charge is 0.300 e. The average Bonchev–Trinajstić information content (AvgIpc) is 1.97. The predicted octanol–water partition coefficient (Wildman–Crippen LogP) is 2.96. The van der Waals surface area contributed by atoms with Crippen LogP contribution in [0.5, 0.6) is 0 Å². The predicted molar refractivity (Wildman–Crippen MR) is 48.5 cm³/mol. The molecule has 0 saturated heterocycles. The van der Waals surface area contributed by atoms with Crippen molar-refractivity contribution < 1.29 is 4.79 Å². The molecule has 0 heterocycles. The lowest BCUT2D eigenvalue weighted by Crippen LogP contribution is -2.03. The van der Waals surface area contributed by atoms with E-state index in [-0.39, 0.29) is 11.7 Å². The summed E-state index contributed by atoms with van der Waals surface area (Å²) in [5, 5.41) is 0. The number of ketones is 1. The third-order valence-corrected chi connectivity index (χ3v) is 1.81. The minimum absolute atomic E-state index is 0.197. The van der Waals surface area contributed by atoms with Crippen LogP contribution in [0.15, 0.2) is 12.2 Å². The molecule has 0 aromatic carbocycles. The minimum Gasteiger partial charge on any atom is -0.300 e. The molecule has 0 radical (unpaired) electrons. The van der Waals surface area contributed by atoms with Gasteiger partial charge in [0.25, 0.3) is 0 Å². The molecule has 0 spiro atoms. The number of hydrogen-bond donors (Lipinski definition) is 0. The number of hydrogen-bond acceptors (Lipinski definition) is 1. The van der Waals surface area contributed by atoms with Crippen LogP contribution < -0.4 is 0 Å². The van der Waals surface area contributed by atoms with Crippen LogP contribution >= 0.6 is 0 Å². The first-order chi connectivity index (χ1) is 5.18. The highest BCUT2D eigenvalue weighted by Crippen LogP contribution is 2.04. The monoisotopic (exact) mass is 154 g/mol. The summed E-state index contributed by atoms with van der Waals surface area (Å²) in [6.07, 6.45) is 7.47. The molecule has 0 amide bonds. The van der Waals surface area contributed by atoms with Gasteiger partial charge in [-0.25, -0.2) is 0 Å². The third-order valence-electron chi connectivity index (χ3n) is 1.81. The van der Waals surface area contributed by atoms with Crippen LogP contribution in [0.3, 0.4) is 0 Å². The summed E-state index contributed by atoms with van der Waals surface area (Å²) in [7, 11) is 0. The molecule has 11 heavy (non-hydrogen) atoms. The molecular formula is C10H18O. The van der Waals surface area contributed by atoms with E-state index in [9.17, 15) is 4.79 Å². The number of Topliss-reactive ketones (excluding diaryl/α,β-unsaturated/α-hetero) is 1. The number of rotatable bonds is 5. The highest BCUT2D eigenvalue weighted by atomic mass is 16.1. The van der Waals surface area contributed by atoms with Crippen LogP contribution in [0.1, 0.15) is 40.0 Å². The number of unbranched alkanes of at least 4 members (excludes halogenated alkanes) is 1. The van der Waals surface area contributed by atoms with E-state index in [4.69, 9.17) is 0 Å². The van der Waals surface area contributed by atoms with Crippen LogP contribution in [0.4, 0.5) is 0 Å². The lowest BCUT2D eigenvalue weighted by atomic mass is 10.0. The number of carbonyl (C=O) groups is 1. The summed E-state index contributed by atoms with van der Waals surface area (Å²) >= 11 is 0. The zero-order chi connectivity index (χ0) is 8.69. The van der Waals surface area contributed by atoms with Crippen molar-refractivity contribution in [3.05, 3.63) is 12.2 Å². The summed E-state index contributed by atoms with van der Waals surface area (Å²) in [4.78, 5) is 10.8. The highest BCUT2D eigenvalue weighted by molar-refractivity contribution is 5.77. The van der Waals surface area contributed by atoms with Gasteiger partial charge in [-0.3, -0.25) is 4.79 Å². The van der Waals surface area contributed by atoms with Crippen molar-refractivity contribution in [3.63, 3.8) is 0 Å². The van der Waals surface area contributed by atoms with Crippen molar-refractivity contribution in [1.82, 2.24) is 0 Å². The molecule has 64 valence electrons. The molecule has 0 saturated carbocycles. The molecule has 0 aromatic heterocycles. The highest BCUT2D eigenvalue weighted by Gasteiger charge is 2.03. The van der Waals surface area contributed by atoms with E-state index < -0.39 is 0 Å². The van der Waals surface area contributed by atoms with Crippen molar-refractivity contribution in [1.29, 1.82) is 0 Å². The van der Waals surface area contributed by atoms with Crippen molar-refractivity contribution in [2.75, 3.05) is 0 Å². The SMILES string of the molecule is CCCC=CCC(C)C(C)=O. The van der Waals surface area contributed by atoms with E-state index in [1.54, 1.807) is 6.92 Å². The molecule has 1 nitrogen and oxygen atoms in total. The van der Waals surface area contributed by atoms with Gasteiger partial charge < -0.3 is 0 Å². The summed E-state index contributed by atoms with van der Waals surface area (Å²) in [5.41, 5.74) is 0. The van der Waals surface area contributed by atoms with Gasteiger partial charge in [-0.2, -0.15) is 0 Å². The molecule has 0 bridgehead atoms. The van der Waals surface area contributed by atoms with Crippen molar-refractivity contribution in [2.24, 2.45) is 5.92 Å². The smallest absolute Gasteiger partial charge is 0.132 e. The van der Waals surface area contributed by atoms with Crippen LogP contribution in [0.2, 0.25) is 0 Å². The normalized spacial score (nSPS) is 13.7. The average molecular weight is 154 g/mol. The maximum atomic E-state index is 10.8. The van der Waals surface area contributed by atoms with Crippen molar-refractivity contribution in [2.45, 2.75) is 40.0 Å². The second-order valence-electron chi connectivity index (χ2n) is 3.01. The molecule has 0 fully saturated rings. The summed E-state index contributed by atoms with van der Waals surface area (Å²) in [6, 6.07) is 0. The van der Waals surface area contributed by atoms with Gasteiger partial charge in [0.1, 0.15) is 5.78 Å². The lowest BCUT2D eigenvalue weighted by molar-refractivity contribution is -0.120. The van der Waals surface area contributed by atoms with E-state index in [2.05, 4.69) is 19.1 Å². The fourth-order valence-electron chi connectivity index (χ4n) is 0.751.